The summed E-state index contributed by atoms with van der Waals surface area (Å²) in [7, 11) is 0. The monoisotopic (exact) mass is 211 g/mol. The number of ether oxygens (including phenoxy) is 1. The molecule has 0 saturated heterocycles. The van der Waals surface area contributed by atoms with E-state index >= 15 is 0 Å². The molecule has 0 aliphatic carbocycles. The fourth-order valence-electron chi connectivity index (χ4n) is 1.27. The van der Waals surface area contributed by atoms with E-state index in [9.17, 15) is 8.78 Å². The minimum atomic E-state index is -2.85. The first-order valence-corrected chi connectivity index (χ1v) is 4.19. The van der Waals surface area contributed by atoms with Gasteiger partial charge in [0.2, 0.25) is 0 Å². The lowest BCUT2D eigenvalue weighted by Gasteiger charge is -2.05. The summed E-state index contributed by atoms with van der Waals surface area (Å²) in [6.07, 6.45) is 1.29. The smallest absolute Gasteiger partial charge is 0.387 e. The molecule has 0 saturated carbocycles. The molecule has 0 aliphatic heterocycles. The van der Waals surface area contributed by atoms with Gasteiger partial charge < -0.3 is 9.84 Å². The lowest BCUT2D eigenvalue weighted by atomic mass is 10.2. The normalized spacial score (nSPS) is 10.9. The van der Waals surface area contributed by atoms with Gasteiger partial charge in [-0.3, -0.25) is 4.98 Å². The zero-order chi connectivity index (χ0) is 10.8. The van der Waals surface area contributed by atoms with Crippen LogP contribution in [0, 0.1) is 0 Å². The second-order valence-corrected chi connectivity index (χ2v) is 2.93. The van der Waals surface area contributed by atoms with Gasteiger partial charge in [0.1, 0.15) is 11.5 Å². The van der Waals surface area contributed by atoms with Gasteiger partial charge in [0, 0.05) is 5.39 Å². The first kappa shape index (κ1) is 9.64. The van der Waals surface area contributed by atoms with Crippen LogP contribution in [0.1, 0.15) is 0 Å². The summed E-state index contributed by atoms with van der Waals surface area (Å²) < 4.78 is 28.0. The van der Waals surface area contributed by atoms with Crippen LogP contribution in [0.15, 0.2) is 30.5 Å². The summed E-state index contributed by atoms with van der Waals surface area (Å²) in [5, 5.41) is 9.70. The Morgan fingerprint density at radius 1 is 1.27 bits per heavy atom. The lowest BCUT2D eigenvalue weighted by molar-refractivity contribution is -0.0497. The van der Waals surface area contributed by atoms with E-state index in [4.69, 9.17) is 5.11 Å². The van der Waals surface area contributed by atoms with Crippen molar-refractivity contribution in [3.63, 3.8) is 0 Å². The molecule has 2 aromatic rings. The van der Waals surface area contributed by atoms with E-state index in [1.165, 1.54) is 24.4 Å². The van der Waals surface area contributed by atoms with E-state index in [0.717, 1.165) is 0 Å². The Kier molecular flexibility index (Phi) is 2.37. The number of alkyl halides is 2. The number of rotatable bonds is 2. The van der Waals surface area contributed by atoms with Crippen molar-refractivity contribution in [1.82, 2.24) is 4.98 Å². The van der Waals surface area contributed by atoms with E-state index in [1.54, 1.807) is 6.07 Å². The average molecular weight is 211 g/mol. The fraction of sp³-hybridized carbons (Fsp3) is 0.100. The summed E-state index contributed by atoms with van der Waals surface area (Å²) in [4.78, 5) is 3.91. The molecule has 1 aromatic carbocycles. The maximum atomic E-state index is 11.9. The average Bonchev–Trinajstić information content (AvgIpc) is 2.16. The van der Waals surface area contributed by atoms with E-state index in [2.05, 4.69) is 9.72 Å². The number of hydrogen-bond donors (Lipinski definition) is 1. The Hall–Kier alpha value is -1.91. The van der Waals surface area contributed by atoms with E-state index in [0.29, 0.717) is 10.9 Å². The SMILES string of the molecule is Oc1cnc2ccc(OC(F)F)cc2c1. The number of benzene rings is 1. The predicted octanol–water partition coefficient (Wildman–Crippen LogP) is 2.54. The molecule has 0 amide bonds. The van der Waals surface area contributed by atoms with Crippen LogP contribution < -0.4 is 4.74 Å². The van der Waals surface area contributed by atoms with Gasteiger partial charge in [0.25, 0.3) is 0 Å². The van der Waals surface area contributed by atoms with Crippen molar-refractivity contribution >= 4 is 10.9 Å². The third kappa shape index (κ3) is 2.12. The molecule has 0 atom stereocenters. The second kappa shape index (κ2) is 3.68. The molecule has 2 rings (SSSR count). The maximum absolute atomic E-state index is 11.9. The van der Waals surface area contributed by atoms with E-state index in [1.807, 2.05) is 0 Å². The topological polar surface area (TPSA) is 42.4 Å². The minimum absolute atomic E-state index is 0.0169. The van der Waals surface area contributed by atoms with Gasteiger partial charge in [-0.25, -0.2) is 0 Å². The van der Waals surface area contributed by atoms with Crippen LogP contribution in [0.4, 0.5) is 8.78 Å². The van der Waals surface area contributed by atoms with Crippen LogP contribution >= 0.6 is 0 Å². The number of halogens is 2. The maximum Gasteiger partial charge on any atom is 0.387 e. The van der Waals surface area contributed by atoms with Crippen LogP contribution in [0.5, 0.6) is 11.5 Å². The number of nitrogens with zero attached hydrogens (tertiary/aromatic N) is 1. The number of aromatic hydroxyl groups is 1. The highest BCUT2D eigenvalue weighted by Crippen LogP contribution is 2.23. The molecule has 0 unspecified atom stereocenters. The molecule has 0 aliphatic rings. The summed E-state index contributed by atoms with van der Waals surface area (Å²) in [5.41, 5.74) is 0.606. The quantitative estimate of drug-likeness (QED) is 0.829. The zero-order valence-electron chi connectivity index (χ0n) is 7.52. The standard InChI is InChI=1S/C10H7F2NO2/c11-10(12)15-8-1-2-9-6(4-8)3-7(14)5-13-9/h1-5,10,14H. The summed E-state index contributed by atoms with van der Waals surface area (Å²) in [5.74, 6) is 0.0293. The first-order chi connectivity index (χ1) is 7.15. The van der Waals surface area contributed by atoms with Crippen LogP contribution in [0.2, 0.25) is 0 Å². The number of aromatic nitrogens is 1. The van der Waals surface area contributed by atoms with Gasteiger partial charge in [-0.2, -0.15) is 8.78 Å². The molecule has 0 fully saturated rings. The Balaban J connectivity index is 2.45. The van der Waals surface area contributed by atoms with Crippen molar-refractivity contribution in [2.45, 2.75) is 6.61 Å². The lowest BCUT2D eigenvalue weighted by Crippen LogP contribution is -2.01. The molecule has 3 nitrogen and oxygen atoms in total. The zero-order valence-corrected chi connectivity index (χ0v) is 7.52. The Morgan fingerprint density at radius 2 is 2.07 bits per heavy atom. The minimum Gasteiger partial charge on any atom is -0.506 e. The Labute approximate surface area is 83.9 Å². The van der Waals surface area contributed by atoms with Gasteiger partial charge in [-0.05, 0) is 24.3 Å². The highest BCUT2D eigenvalue weighted by molar-refractivity contribution is 5.81. The summed E-state index contributed by atoms with van der Waals surface area (Å²) in [6, 6.07) is 5.78. The van der Waals surface area contributed by atoms with E-state index in [-0.39, 0.29) is 11.5 Å². The molecule has 1 aromatic heterocycles. The Morgan fingerprint density at radius 3 is 2.80 bits per heavy atom. The van der Waals surface area contributed by atoms with Crippen LogP contribution in [-0.2, 0) is 0 Å². The van der Waals surface area contributed by atoms with Crippen molar-refractivity contribution < 1.29 is 18.6 Å². The van der Waals surface area contributed by atoms with Crippen molar-refractivity contribution in [3.8, 4) is 11.5 Å². The summed E-state index contributed by atoms with van der Waals surface area (Å²) >= 11 is 0. The molecule has 5 heteroatoms. The van der Waals surface area contributed by atoms with Gasteiger partial charge >= 0.3 is 6.61 Å². The fourth-order valence-corrected chi connectivity index (χ4v) is 1.27. The number of hydrogen-bond acceptors (Lipinski definition) is 3. The van der Waals surface area contributed by atoms with Crippen molar-refractivity contribution in [1.29, 1.82) is 0 Å². The van der Waals surface area contributed by atoms with E-state index < -0.39 is 6.61 Å². The molecule has 78 valence electrons. The number of fused-ring (bicyclic) bond motifs is 1. The largest absolute Gasteiger partial charge is 0.506 e. The van der Waals surface area contributed by atoms with Crippen LogP contribution in [-0.4, -0.2) is 16.7 Å². The molecule has 0 radical (unpaired) electrons. The first-order valence-electron chi connectivity index (χ1n) is 4.19. The third-order valence-corrected chi connectivity index (χ3v) is 1.86. The molecule has 1 N–H and O–H groups in total. The molecule has 15 heavy (non-hydrogen) atoms. The Bertz CT molecular complexity index is 488. The number of pyridine rings is 1. The predicted molar refractivity (Wildman–Crippen MR) is 50.0 cm³/mol. The molecule has 1 heterocycles. The van der Waals surface area contributed by atoms with Crippen molar-refractivity contribution in [3.05, 3.63) is 30.5 Å². The highest BCUT2D eigenvalue weighted by Gasteiger charge is 2.05. The van der Waals surface area contributed by atoms with Crippen LogP contribution in [0.3, 0.4) is 0 Å². The van der Waals surface area contributed by atoms with Gasteiger partial charge in [0.15, 0.2) is 0 Å². The molecule has 0 spiro atoms. The van der Waals surface area contributed by atoms with Crippen molar-refractivity contribution in [2.75, 3.05) is 0 Å². The highest BCUT2D eigenvalue weighted by atomic mass is 19.3. The molecular formula is C10H7F2NO2. The molecular weight excluding hydrogens is 204 g/mol. The van der Waals surface area contributed by atoms with Crippen LogP contribution in [0.25, 0.3) is 10.9 Å². The van der Waals surface area contributed by atoms with Gasteiger partial charge in [-0.1, -0.05) is 0 Å². The van der Waals surface area contributed by atoms with Crippen molar-refractivity contribution in [2.24, 2.45) is 0 Å². The molecule has 0 bridgehead atoms. The second-order valence-electron chi connectivity index (χ2n) is 2.93. The van der Waals surface area contributed by atoms with Gasteiger partial charge in [0.05, 0.1) is 11.7 Å². The third-order valence-electron chi connectivity index (χ3n) is 1.86. The van der Waals surface area contributed by atoms with Gasteiger partial charge in [-0.15, -0.1) is 0 Å². The summed E-state index contributed by atoms with van der Waals surface area (Å²) in [6.45, 7) is -2.85.